The summed E-state index contributed by atoms with van der Waals surface area (Å²) in [5.74, 6) is 0. The molecule has 0 heterocycles. The molecule has 0 amide bonds. The van der Waals surface area contributed by atoms with Crippen molar-refractivity contribution in [2.24, 2.45) is 0 Å². The van der Waals surface area contributed by atoms with Crippen LogP contribution in [-0.4, -0.2) is 18.1 Å². The van der Waals surface area contributed by atoms with Crippen LogP contribution in [0.5, 0.6) is 0 Å². The molecule has 0 aliphatic rings. The summed E-state index contributed by atoms with van der Waals surface area (Å²) in [5.41, 5.74) is 1.61. The molecule has 1 N–H and O–H groups in total. The molecule has 0 aliphatic heterocycles. The summed E-state index contributed by atoms with van der Waals surface area (Å²) in [4.78, 5) is 11.3. The van der Waals surface area contributed by atoms with E-state index in [0.29, 0.717) is 12.0 Å². The number of benzene rings is 1. The summed E-state index contributed by atoms with van der Waals surface area (Å²) in [6.07, 6.45) is 0.540. The molecule has 82 valence electrons. The molecule has 4 nitrogen and oxygen atoms in total. The molecule has 1 rings (SSSR count). The number of hydrogen-bond acceptors (Lipinski definition) is 3. The lowest BCUT2D eigenvalue weighted by Crippen LogP contribution is -2.15. The van der Waals surface area contributed by atoms with E-state index in [-0.39, 0.29) is 5.56 Å². The van der Waals surface area contributed by atoms with E-state index in [9.17, 15) is 13.2 Å². The maximum atomic E-state index is 11.3. The number of hydrogen-bond donors (Lipinski definition) is 1. The number of carbonyl (C=O) groups is 1. The minimum absolute atomic E-state index is 0.0469. The molecular formula is C10H12O4S. The van der Waals surface area contributed by atoms with Gasteiger partial charge >= 0.3 is 15.2 Å². The highest BCUT2D eigenvalue weighted by Gasteiger charge is 2.22. The quantitative estimate of drug-likeness (QED) is 0.780. The number of aryl methyl sites for hydroxylation is 2. The molecule has 0 bridgehead atoms. The van der Waals surface area contributed by atoms with Gasteiger partial charge in [0.05, 0.1) is 0 Å². The number of carbonyl (C=O) groups excluding carboxylic acids is 1. The van der Waals surface area contributed by atoms with Crippen LogP contribution in [0.1, 0.15) is 28.4 Å². The van der Waals surface area contributed by atoms with Gasteiger partial charge < -0.3 is 0 Å². The summed E-state index contributed by atoms with van der Waals surface area (Å²) in [7, 11) is -4.64. The van der Waals surface area contributed by atoms with Crippen LogP contribution in [0.25, 0.3) is 0 Å². The van der Waals surface area contributed by atoms with Gasteiger partial charge in [-0.2, -0.15) is 8.42 Å². The summed E-state index contributed by atoms with van der Waals surface area (Å²) < 4.78 is 30.0. The molecule has 1 aromatic carbocycles. The molecule has 15 heavy (non-hydrogen) atoms. The first-order chi connectivity index (χ1) is 6.86. The zero-order chi connectivity index (χ0) is 11.6. The SMILES string of the molecule is CCc1cc(C)ccc1C(=O)S(=O)(=O)O. The fourth-order valence-corrected chi connectivity index (χ4v) is 1.83. The Labute approximate surface area is 88.7 Å². The predicted octanol–water partition coefficient (Wildman–Crippen LogP) is 1.59. The van der Waals surface area contributed by atoms with Crippen molar-refractivity contribution >= 4 is 15.2 Å². The normalized spacial score (nSPS) is 11.4. The second kappa shape index (κ2) is 4.12. The van der Waals surface area contributed by atoms with E-state index >= 15 is 0 Å². The minimum atomic E-state index is -4.64. The highest BCUT2D eigenvalue weighted by Crippen LogP contribution is 2.15. The first kappa shape index (κ1) is 11.9. The highest BCUT2D eigenvalue weighted by molar-refractivity contribution is 8.01. The van der Waals surface area contributed by atoms with Crippen molar-refractivity contribution in [3.8, 4) is 0 Å². The van der Waals surface area contributed by atoms with E-state index in [1.807, 2.05) is 13.8 Å². The minimum Gasteiger partial charge on any atom is -0.279 e. The smallest absolute Gasteiger partial charge is 0.279 e. The Bertz CT molecular complexity index is 488. The topological polar surface area (TPSA) is 71.4 Å². The maximum Gasteiger partial charge on any atom is 0.333 e. The van der Waals surface area contributed by atoms with Crippen LogP contribution in [0, 0.1) is 6.92 Å². The monoisotopic (exact) mass is 228 g/mol. The first-order valence-electron chi connectivity index (χ1n) is 4.47. The van der Waals surface area contributed by atoms with Crippen LogP contribution >= 0.6 is 0 Å². The average molecular weight is 228 g/mol. The molecule has 0 fully saturated rings. The van der Waals surface area contributed by atoms with E-state index < -0.39 is 15.2 Å². The number of rotatable bonds is 2. The van der Waals surface area contributed by atoms with E-state index in [1.54, 1.807) is 12.1 Å². The van der Waals surface area contributed by atoms with Gasteiger partial charge in [0.25, 0.3) is 0 Å². The predicted molar refractivity (Wildman–Crippen MR) is 56.4 cm³/mol. The lowest BCUT2D eigenvalue weighted by atomic mass is 10.0. The average Bonchev–Trinajstić information content (AvgIpc) is 2.15. The molecule has 5 heteroatoms. The van der Waals surface area contributed by atoms with E-state index in [4.69, 9.17) is 4.55 Å². The summed E-state index contributed by atoms with van der Waals surface area (Å²) in [6.45, 7) is 3.66. The Morgan fingerprint density at radius 3 is 2.47 bits per heavy atom. The van der Waals surface area contributed by atoms with Crippen LogP contribution in [0.4, 0.5) is 0 Å². The lowest BCUT2D eigenvalue weighted by molar-refractivity contribution is 0.106. The largest absolute Gasteiger partial charge is 0.333 e. The summed E-state index contributed by atoms with van der Waals surface area (Å²) in [5, 5.41) is -1.24. The van der Waals surface area contributed by atoms with E-state index in [1.165, 1.54) is 6.07 Å². The van der Waals surface area contributed by atoms with Crippen LogP contribution in [0.3, 0.4) is 0 Å². The molecular weight excluding hydrogens is 216 g/mol. The van der Waals surface area contributed by atoms with Crippen LogP contribution in [0.15, 0.2) is 18.2 Å². The zero-order valence-electron chi connectivity index (χ0n) is 8.52. The van der Waals surface area contributed by atoms with Crippen molar-refractivity contribution in [1.82, 2.24) is 0 Å². The van der Waals surface area contributed by atoms with Crippen molar-refractivity contribution in [2.75, 3.05) is 0 Å². The van der Waals surface area contributed by atoms with Crippen LogP contribution < -0.4 is 0 Å². The van der Waals surface area contributed by atoms with Gasteiger partial charge in [-0.05, 0) is 25.0 Å². The molecule has 0 aliphatic carbocycles. The molecule has 0 radical (unpaired) electrons. The van der Waals surface area contributed by atoms with E-state index in [0.717, 1.165) is 5.56 Å². The standard InChI is InChI=1S/C10H12O4S/c1-3-8-6-7(2)4-5-9(8)10(11)15(12,13)14/h4-6H,3H2,1-2H3,(H,12,13,14). The summed E-state index contributed by atoms with van der Waals surface area (Å²) >= 11 is 0. The van der Waals surface area contributed by atoms with E-state index in [2.05, 4.69) is 0 Å². The van der Waals surface area contributed by atoms with Crippen molar-refractivity contribution in [2.45, 2.75) is 20.3 Å². The first-order valence-corrected chi connectivity index (χ1v) is 5.91. The third kappa shape index (κ3) is 2.64. The van der Waals surface area contributed by atoms with Crippen LogP contribution in [-0.2, 0) is 16.5 Å². The molecule has 0 saturated heterocycles. The summed E-state index contributed by atoms with van der Waals surface area (Å²) in [6, 6.07) is 4.79. The van der Waals surface area contributed by atoms with Crippen molar-refractivity contribution < 1.29 is 17.8 Å². The second-order valence-electron chi connectivity index (χ2n) is 3.28. The highest BCUT2D eigenvalue weighted by atomic mass is 32.2. The fourth-order valence-electron chi connectivity index (χ4n) is 1.35. The Kier molecular flexibility index (Phi) is 3.26. The Morgan fingerprint density at radius 2 is 2.00 bits per heavy atom. The van der Waals surface area contributed by atoms with Crippen molar-refractivity contribution in [3.63, 3.8) is 0 Å². The van der Waals surface area contributed by atoms with Gasteiger partial charge in [-0.15, -0.1) is 0 Å². The van der Waals surface area contributed by atoms with Gasteiger partial charge in [0.1, 0.15) is 0 Å². The molecule has 1 aromatic rings. The van der Waals surface area contributed by atoms with Crippen LogP contribution in [0.2, 0.25) is 0 Å². The van der Waals surface area contributed by atoms with Gasteiger partial charge in [0, 0.05) is 5.56 Å². The van der Waals surface area contributed by atoms with Gasteiger partial charge in [-0.1, -0.05) is 24.6 Å². The third-order valence-corrected chi connectivity index (χ3v) is 2.78. The Morgan fingerprint density at radius 1 is 1.40 bits per heavy atom. The van der Waals surface area contributed by atoms with Gasteiger partial charge in [-0.25, -0.2) is 0 Å². The lowest BCUT2D eigenvalue weighted by Gasteiger charge is -2.05. The van der Waals surface area contributed by atoms with Gasteiger partial charge in [0.15, 0.2) is 0 Å². The van der Waals surface area contributed by atoms with Crippen molar-refractivity contribution in [1.29, 1.82) is 0 Å². The fraction of sp³-hybridized carbons (Fsp3) is 0.300. The molecule has 0 aromatic heterocycles. The molecule has 0 atom stereocenters. The molecule has 0 unspecified atom stereocenters. The van der Waals surface area contributed by atoms with Crippen molar-refractivity contribution in [3.05, 3.63) is 34.9 Å². The second-order valence-corrected chi connectivity index (χ2v) is 4.60. The Hall–Kier alpha value is -1.20. The molecule has 0 saturated carbocycles. The maximum absolute atomic E-state index is 11.3. The third-order valence-electron chi connectivity index (χ3n) is 2.10. The zero-order valence-corrected chi connectivity index (χ0v) is 9.34. The van der Waals surface area contributed by atoms with Gasteiger partial charge in [0.2, 0.25) is 0 Å². The molecule has 0 spiro atoms. The van der Waals surface area contributed by atoms with Gasteiger partial charge in [-0.3, -0.25) is 9.35 Å². The Balaban J connectivity index is 3.33.